The van der Waals surface area contributed by atoms with Crippen LogP contribution in [0.25, 0.3) is 10.6 Å². The summed E-state index contributed by atoms with van der Waals surface area (Å²) in [5.41, 5.74) is 2.18. The van der Waals surface area contributed by atoms with Gasteiger partial charge in [0.05, 0.1) is 11.9 Å². The highest BCUT2D eigenvalue weighted by Gasteiger charge is 2.30. The maximum absolute atomic E-state index is 12.8. The van der Waals surface area contributed by atoms with E-state index in [-0.39, 0.29) is 20.9 Å². The predicted molar refractivity (Wildman–Crippen MR) is 122 cm³/mol. The number of aromatic nitrogens is 2. The van der Waals surface area contributed by atoms with E-state index in [0.717, 1.165) is 21.7 Å². The maximum Gasteiger partial charge on any atom is 0.249 e. The molecule has 0 saturated carbocycles. The molecule has 0 bridgehead atoms. The molecule has 0 fully saturated rings. The molecule has 1 N–H and O–H groups in total. The number of hydrogen-bond donors (Lipinski definition) is 1. The molecule has 158 valence electrons. The van der Waals surface area contributed by atoms with Gasteiger partial charge in [-0.05, 0) is 32.0 Å². The van der Waals surface area contributed by atoms with Crippen LogP contribution in [0.3, 0.4) is 0 Å². The number of benzene rings is 2. The summed E-state index contributed by atoms with van der Waals surface area (Å²) >= 11 is 13.2. The molecular weight excluding hydrogens is 467 g/mol. The topological polar surface area (TPSA) is 92.3 Å². The van der Waals surface area contributed by atoms with Gasteiger partial charge in [0.2, 0.25) is 21.1 Å². The van der Waals surface area contributed by atoms with E-state index < -0.39 is 22.0 Å². The summed E-state index contributed by atoms with van der Waals surface area (Å²) in [6, 6.07) is 11.0. The van der Waals surface area contributed by atoms with Crippen LogP contribution in [-0.4, -0.2) is 36.8 Å². The molecule has 0 saturated heterocycles. The number of aryl methyl sites for hydroxylation is 1. The number of halogens is 2. The Kier molecular flexibility index (Phi) is 6.66. The zero-order chi connectivity index (χ0) is 22.1. The monoisotopic (exact) mass is 484 g/mol. The largest absolute Gasteiger partial charge is 0.299 e. The Morgan fingerprint density at radius 3 is 2.27 bits per heavy atom. The summed E-state index contributed by atoms with van der Waals surface area (Å²) < 4.78 is 25.8. The summed E-state index contributed by atoms with van der Waals surface area (Å²) in [4.78, 5) is 12.8. The van der Waals surface area contributed by atoms with Crippen LogP contribution < -0.4 is 9.62 Å². The summed E-state index contributed by atoms with van der Waals surface area (Å²) in [5, 5.41) is 12.1. The Morgan fingerprint density at radius 1 is 1.10 bits per heavy atom. The Morgan fingerprint density at radius 2 is 1.70 bits per heavy atom. The van der Waals surface area contributed by atoms with E-state index in [4.69, 9.17) is 23.2 Å². The van der Waals surface area contributed by atoms with Crippen molar-refractivity contribution in [3.05, 3.63) is 58.1 Å². The first kappa shape index (κ1) is 22.5. The highest BCUT2D eigenvalue weighted by atomic mass is 35.5. The second-order valence-electron chi connectivity index (χ2n) is 6.63. The third-order valence-corrected chi connectivity index (χ3v) is 6.71. The predicted octanol–water partition coefficient (Wildman–Crippen LogP) is 4.61. The van der Waals surface area contributed by atoms with E-state index in [9.17, 15) is 13.2 Å². The van der Waals surface area contributed by atoms with E-state index in [2.05, 4.69) is 15.5 Å². The highest BCUT2D eigenvalue weighted by Crippen LogP contribution is 2.30. The quantitative estimate of drug-likeness (QED) is 0.551. The molecule has 0 aliphatic heterocycles. The number of hydrogen-bond acceptors (Lipinski definition) is 6. The molecule has 0 unspecified atom stereocenters. The van der Waals surface area contributed by atoms with Gasteiger partial charge in [0, 0.05) is 15.6 Å². The summed E-state index contributed by atoms with van der Waals surface area (Å²) in [6.45, 7) is 3.45. The Hall–Kier alpha value is -2.20. The van der Waals surface area contributed by atoms with Gasteiger partial charge in [-0.2, -0.15) is 0 Å². The fourth-order valence-electron chi connectivity index (χ4n) is 2.77. The molecule has 1 aromatic heterocycles. The third kappa shape index (κ3) is 5.28. The van der Waals surface area contributed by atoms with Crippen LogP contribution in [0, 0.1) is 6.92 Å². The molecule has 7 nitrogen and oxygen atoms in total. The van der Waals surface area contributed by atoms with Crippen molar-refractivity contribution in [2.75, 3.05) is 15.9 Å². The number of nitrogens with one attached hydrogen (secondary N) is 1. The van der Waals surface area contributed by atoms with Gasteiger partial charge in [0.25, 0.3) is 0 Å². The summed E-state index contributed by atoms with van der Waals surface area (Å²) in [6.07, 6.45) is 1.01. The number of anilines is 2. The third-order valence-electron chi connectivity index (χ3n) is 4.14. The molecule has 11 heteroatoms. The SMILES string of the molecule is Cc1ccc(-c2nnc(NC(=O)[C@H](C)N(c3cc(Cl)cc(Cl)c3)S(C)(=O)=O)s2)cc1. The van der Waals surface area contributed by atoms with E-state index in [1.165, 1.54) is 36.5 Å². The van der Waals surface area contributed by atoms with Crippen LogP contribution in [0.5, 0.6) is 0 Å². The summed E-state index contributed by atoms with van der Waals surface area (Å²) in [7, 11) is -3.81. The minimum atomic E-state index is -3.81. The molecule has 0 aliphatic rings. The average molecular weight is 485 g/mol. The smallest absolute Gasteiger partial charge is 0.249 e. The molecule has 3 aromatic rings. The molecule has 0 aliphatic carbocycles. The van der Waals surface area contributed by atoms with Crippen molar-refractivity contribution in [2.24, 2.45) is 0 Å². The standard InChI is InChI=1S/C19H18Cl2N4O3S2/c1-11-4-6-13(7-5-11)18-23-24-19(29-18)22-17(26)12(2)25(30(3,27)28)16-9-14(20)8-15(21)10-16/h4-10,12H,1-3H3,(H,22,24,26)/t12-/m0/s1. The lowest BCUT2D eigenvalue weighted by atomic mass is 10.2. The van der Waals surface area contributed by atoms with E-state index >= 15 is 0 Å². The van der Waals surface area contributed by atoms with Gasteiger partial charge in [-0.15, -0.1) is 10.2 Å². The lowest BCUT2D eigenvalue weighted by Crippen LogP contribution is -2.45. The highest BCUT2D eigenvalue weighted by molar-refractivity contribution is 7.92. The zero-order valence-electron chi connectivity index (χ0n) is 16.3. The van der Waals surface area contributed by atoms with E-state index in [1.807, 2.05) is 31.2 Å². The van der Waals surface area contributed by atoms with E-state index in [0.29, 0.717) is 5.01 Å². The van der Waals surface area contributed by atoms with Crippen molar-refractivity contribution in [2.45, 2.75) is 19.9 Å². The molecular formula is C19H18Cl2N4O3S2. The number of rotatable bonds is 6. The minimum absolute atomic E-state index is 0.190. The molecule has 1 amide bonds. The lowest BCUT2D eigenvalue weighted by Gasteiger charge is -2.28. The van der Waals surface area contributed by atoms with Crippen molar-refractivity contribution >= 4 is 61.3 Å². The minimum Gasteiger partial charge on any atom is -0.299 e. The van der Waals surface area contributed by atoms with Crippen molar-refractivity contribution in [3.63, 3.8) is 0 Å². The van der Waals surface area contributed by atoms with Gasteiger partial charge >= 0.3 is 0 Å². The van der Waals surface area contributed by atoms with E-state index in [1.54, 1.807) is 0 Å². The second-order valence-corrected chi connectivity index (χ2v) is 10.3. The van der Waals surface area contributed by atoms with Gasteiger partial charge in [0.1, 0.15) is 11.0 Å². The molecule has 0 spiro atoms. The Balaban J connectivity index is 1.83. The fraction of sp³-hybridized carbons (Fsp3) is 0.211. The van der Waals surface area contributed by atoms with Crippen LogP contribution in [0.1, 0.15) is 12.5 Å². The number of carbonyl (C=O) groups excluding carboxylic acids is 1. The molecule has 30 heavy (non-hydrogen) atoms. The first-order chi connectivity index (χ1) is 14.0. The molecule has 0 radical (unpaired) electrons. The normalized spacial score (nSPS) is 12.4. The van der Waals surface area contributed by atoms with Crippen molar-refractivity contribution in [1.29, 1.82) is 0 Å². The number of amides is 1. The fourth-order valence-corrected chi connectivity index (χ4v) is 5.20. The van der Waals surface area contributed by atoms with Gasteiger partial charge in [0.15, 0.2) is 0 Å². The Bertz CT molecular complexity index is 1160. The van der Waals surface area contributed by atoms with Crippen LogP contribution in [0.15, 0.2) is 42.5 Å². The lowest BCUT2D eigenvalue weighted by molar-refractivity contribution is -0.116. The van der Waals surface area contributed by atoms with Gasteiger partial charge in [-0.3, -0.25) is 14.4 Å². The Labute approximate surface area is 188 Å². The number of carbonyl (C=O) groups is 1. The first-order valence-electron chi connectivity index (χ1n) is 8.71. The number of sulfonamides is 1. The second kappa shape index (κ2) is 8.89. The van der Waals surface area contributed by atoms with Crippen LogP contribution in [0.2, 0.25) is 10.0 Å². The average Bonchev–Trinajstić information content (AvgIpc) is 3.08. The molecule has 3 rings (SSSR count). The molecule has 1 atom stereocenters. The summed E-state index contributed by atoms with van der Waals surface area (Å²) in [5.74, 6) is -0.567. The van der Waals surface area contributed by atoms with Crippen LogP contribution in [0.4, 0.5) is 10.8 Å². The zero-order valence-corrected chi connectivity index (χ0v) is 19.4. The van der Waals surface area contributed by atoms with Crippen LogP contribution >= 0.6 is 34.5 Å². The van der Waals surface area contributed by atoms with Crippen molar-refractivity contribution in [3.8, 4) is 10.6 Å². The van der Waals surface area contributed by atoms with Gasteiger partial charge in [-0.1, -0.05) is 64.4 Å². The van der Waals surface area contributed by atoms with Crippen molar-refractivity contribution in [1.82, 2.24) is 10.2 Å². The first-order valence-corrected chi connectivity index (χ1v) is 12.1. The number of nitrogens with zero attached hydrogens (tertiary/aromatic N) is 3. The molecule has 2 aromatic carbocycles. The molecule has 1 heterocycles. The maximum atomic E-state index is 12.8. The van der Waals surface area contributed by atoms with Gasteiger partial charge < -0.3 is 0 Å². The van der Waals surface area contributed by atoms with Crippen LogP contribution in [-0.2, 0) is 14.8 Å². The van der Waals surface area contributed by atoms with Gasteiger partial charge in [-0.25, -0.2) is 8.42 Å². The van der Waals surface area contributed by atoms with Crippen molar-refractivity contribution < 1.29 is 13.2 Å².